The fourth-order valence-corrected chi connectivity index (χ4v) is 4.88. The zero-order valence-corrected chi connectivity index (χ0v) is 15.1. The van der Waals surface area contributed by atoms with Crippen LogP contribution in [0.25, 0.3) is 0 Å². The Labute approximate surface area is 154 Å². The van der Waals surface area contributed by atoms with Gasteiger partial charge in [-0.3, -0.25) is 9.80 Å². The lowest BCUT2D eigenvalue weighted by atomic mass is 9.94. The van der Waals surface area contributed by atoms with Gasteiger partial charge in [0.05, 0.1) is 19.8 Å². The Morgan fingerprint density at radius 1 is 1.08 bits per heavy atom. The quantitative estimate of drug-likeness (QED) is 0.841. The van der Waals surface area contributed by atoms with Crippen LogP contribution in [0.2, 0.25) is 0 Å². The molecular weight excluding hydrogens is 328 g/mol. The van der Waals surface area contributed by atoms with Gasteiger partial charge in [-0.25, -0.2) is 0 Å². The molecule has 3 fully saturated rings. The number of morpholine rings is 1. The van der Waals surface area contributed by atoms with Gasteiger partial charge in [0.15, 0.2) is 5.82 Å². The van der Waals surface area contributed by atoms with Gasteiger partial charge in [-0.05, 0) is 31.4 Å². The van der Waals surface area contributed by atoms with Gasteiger partial charge in [-0.1, -0.05) is 35.5 Å². The molecule has 6 heteroatoms. The van der Waals surface area contributed by atoms with Crippen molar-refractivity contribution in [1.29, 1.82) is 0 Å². The molecule has 0 bridgehead atoms. The summed E-state index contributed by atoms with van der Waals surface area (Å²) in [5, 5.41) is 4.38. The number of benzene rings is 1. The van der Waals surface area contributed by atoms with Crippen LogP contribution in [0.3, 0.4) is 0 Å². The highest BCUT2D eigenvalue weighted by atomic mass is 16.5. The molecule has 26 heavy (non-hydrogen) atoms. The Hall–Kier alpha value is -1.76. The second-order valence-corrected chi connectivity index (χ2v) is 7.65. The number of hydrogen-bond acceptors (Lipinski definition) is 6. The number of rotatable bonds is 4. The smallest absolute Gasteiger partial charge is 0.240 e. The summed E-state index contributed by atoms with van der Waals surface area (Å²) >= 11 is 0. The summed E-state index contributed by atoms with van der Waals surface area (Å²) in [7, 11) is 0. The third kappa shape index (κ3) is 3.06. The minimum absolute atomic E-state index is 0.380. The van der Waals surface area contributed by atoms with Gasteiger partial charge in [0.25, 0.3) is 0 Å². The molecule has 2 aromatic rings. The predicted octanol–water partition coefficient (Wildman–Crippen LogP) is 2.59. The lowest BCUT2D eigenvalue weighted by Gasteiger charge is -2.24. The van der Waals surface area contributed by atoms with Crippen LogP contribution in [0.1, 0.15) is 48.5 Å². The Kier molecular flexibility index (Phi) is 4.48. The van der Waals surface area contributed by atoms with Gasteiger partial charge in [0.2, 0.25) is 5.89 Å². The highest BCUT2D eigenvalue weighted by Gasteiger charge is 2.46. The second kappa shape index (κ2) is 7.10. The SMILES string of the molecule is c1ccc([C@@H]2C[C@H](c3noc(CN4CCOCC4)n3)[C@H]3CCCN32)cc1. The molecule has 3 aliphatic rings. The van der Waals surface area contributed by atoms with E-state index >= 15 is 0 Å². The Morgan fingerprint density at radius 2 is 1.92 bits per heavy atom. The van der Waals surface area contributed by atoms with E-state index in [1.54, 1.807) is 0 Å². The number of ether oxygens (including phenoxy) is 1. The zero-order chi connectivity index (χ0) is 17.3. The van der Waals surface area contributed by atoms with Crippen molar-refractivity contribution < 1.29 is 9.26 Å². The van der Waals surface area contributed by atoms with Gasteiger partial charge >= 0.3 is 0 Å². The van der Waals surface area contributed by atoms with Crippen LogP contribution in [-0.4, -0.2) is 58.8 Å². The van der Waals surface area contributed by atoms with Crippen molar-refractivity contribution in [3.8, 4) is 0 Å². The number of hydrogen-bond donors (Lipinski definition) is 0. The van der Waals surface area contributed by atoms with Crippen LogP contribution < -0.4 is 0 Å². The normalized spacial score (nSPS) is 29.9. The van der Waals surface area contributed by atoms with Crippen LogP contribution >= 0.6 is 0 Å². The van der Waals surface area contributed by atoms with Crippen LogP contribution in [0.5, 0.6) is 0 Å². The van der Waals surface area contributed by atoms with E-state index in [0.29, 0.717) is 18.0 Å². The molecular formula is C20H26N4O2. The summed E-state index contributed by atoms with van der Waals surface area (Å²) in [5.74, 6) is 2.03. The molecule has 6 nitrogen and oxygen atoms in total. The van der Waals surface area contributed by atoms with Gasteiger partial charge in [-0.15, -0.1) is 0 Å². The molecule has 0 amide bonds. The van der Waals surface area contributed by atoms with E-state index in [1.165, 1.54) is 24.9 Å². The topological polar surface area (TPSA) is 54.6 Å². The maximum atomic E-state index is 5.61. The monoisotopic (exact) mass is 354 g/mol. The van der Waals surface area contributed by atoms with Gasteiger partial charge < -0.3 is 9.26 Å². The standard InChI is InChI=1S/C20H26N4O2/c1-2-5-15(6-3-1)18-13-16(17-7-4-8-24(17)18)20-21-19(26-22-20)14-23-9-11-25-12-10-23/h1-3,5-6,16-18H,4,7-14H2/t16-,17+,18-/m0/s1. The first-order chi connectivity index (χ1) is 12.9. The van der Waals surface area contributed by atoms with E-state index in [2.05, 4.69) is 45.3 Å². The predicted molar refractivity (Wildman–Crippen MR) is 96.7 cm³/mol. The van der Waals surface area contributed by atoms with Gasteiger partial charge in [0.1, 0.15) is 0 Å². The summed E-state index contributed by atoms with van der Waals surface area (Å²) in [6.07, 6.45) is 3.59. The highest BCUT2D eigenvalue weighted by molar-refractivity contribution is 5.24. The van der Waals surface area contributed by atoms with E-state index in [4.69, 9.17) is 14.2 Å². The summed E-state index contributed by atoms with van der Waals surface area (Å²) in [4.78, 5) is 9.78. The van der Waals surface area contributed by atoms with Crippen molar-refractivity contribution in [2.45, 2.75) is 43.8 Å². The molecule has 5 rings (SSSR count). The maximum Gasteiger partial charge on any atom is 0.240 e. The minimum Gasteiger partial charge on any atom is -0.379 e. The third-order valence-electron chi connectivity index (χ3n) is 6.15. The molecule has 0 saturated carbocycles. The molecule has 1 aromatic carbocycles. The summed E-state index contributed by atoms with van der Waals surface area (Å²) < 4.78 is 11.0. The average molecular weight is 354 g/mol. The van der Waals surface area contributed by atoms with Crippen LogP contribution in [-0.2, 0) is 11.3 Å². The lowest BCUT2D eigenvalue weighted by molar-refractivity contribution is 0.0297. The fraction of sp³-hybridized carbons (Fsp3) is 0.600. The van der Waals surface area contributed by atoms with Gasteiger partial charge in [-0.2, -0.15) is 4.98 Å². The van der Waals surface area contributed by atoms with E-state index in [9.17, 15) is 0 Å². The molecule has 0 unspecified atom stereocenters. The van der Waals surface area contributed by atoms with Crippen molar-refractivity contribution >= 4 is 0 Å². The third-order valence-corrected chi connectivity index (χ3v) is 6.15. The van der Waals surface area contributed by atoms with Crippen molar-refractivity contribution in [3.05, 3.63) is 47.6 Å². The first-order valence-corrected chi connectivity index (χ1v) is 9.82. The molecule has 0 spiro atoms. The molecule has 3 atom stereocenters. The van der Waals surface area contributed by atoms with Crippen LogP contribution in [0.15, 0.2) is 34.9 Å². The zero-order valence-electron chi connectivity index (χ0n) is 15.1. The molecule has 0 aliphatic carbocycles. The molecule has 3 saturated heterocycles. The van der Waals surface area contributed by atoms with E-state index in [-0.39, 0.29) is 0 Å². The van der Waals surface area contributed by atoms with E-state index in [0.717, 1.165) is 51.0 Å². The number of nitrogens with zero attached hydrogens (tertiary/aromatic N) is 4. The fourth-order valence-electron chi connectivity index (χ4n) is 4.88. The van der Waals surface area contributed by atoms with E-state index in [1.807, 2.05) is 0 Å². The van der Waals surface area contributed by atoms with Crippen molar-refractivity contribution in [3.63, 3.8) is 0 Å². The summed E-state index contributed by atoms with van der Waals surface area (Å²) in [5.41, 5.74) is 1.42. The maximum absolute atomic E-state index is 5.61. The number of fused-ring (bicyclic) bond motifs is 1. The molecule has 4 heterocycles. The summed E-state index contributed by atoms with van der Waals surface area (Å²) in [6.45, 7) is 5.37. The first kappa shape index (κ1) is 16.4. The largest absolute Gasteiger partial charge is 0.379 e. The Bertz CT molecular complexity index is 728. The Balaban J connectivity index is 1.33. The molecule has 138 valence electrons. The van der Waals surface area contributed by atoms with Crippen molar-refractivity contribution in [2.24, 2.45) is 0 Å². The van der Waals surface area contributed by atoms with Crippen LogP contribution in [0, 0.1) is 0 Å². The average Bonchev–Trinajstić information content (AvgIpc) is 3.40. The molecule has 0 radical (unpaired) electrons. The van der Waals surface area contributed by atoms with Gasteiger partial charge in [0, 0.05) is 31.1 Å². The van der Waals surface area contributed by atoms with Crippen molar-refractivity contribution in [2.75, 3.05) is 32.8 Å². The van der Waals surface area contributed by atoms with Crippen LogP contribution in [0.4, 0.5) is 0 Å². The number of aromatic nitrogens is 2. The first-order valence-electron chi connectivity index (χ1n) is 9.82. The second-order valence-electron chi connectivity index (χ2n) is 7.65. The molecule has 0 N–H and O–H groups in total. The van der Waals surface area contributed by atoms with Crippen molar-refractivity contribution in [1.82, 2.24) is 19.9 Å². The highest BCUT2D eigenvalue weighted by Crippen LogP contribution is 2.48. The summed E-state index contributed by atoms with van der Waals surface area (Å²) in [6, 6.07) is 11.9. The lowest BCUT2D eigenvalue weighted by Crippen LogP contribution is -2.35. The van der Waals surface area contributed by atoms with E-state index < -0.39 is 0 Å². The molecule has 1 aromatic heterocycles. The molecule has 3 aliphatic heterocycles. The minimum atomic E-state index is 0.380. The Morgan fingerprint density at radius 3 is 2.77 bits per heavy atom.